The Labute approximate surface area is 154 Å². The van der Waals surface area contributed by atoms with Crippen LogP contribution in [0.15, 0.2) is 47.4 Å². The fraction of sp³-hybridized carbons (Fsp3) is 0.235. The van der Waals surface area contributed by atoms with Gasteiger partial charge in [0.2, 0.25) is 10.0 Å². The van der Waals surface area contributed by atoms with Crippen LogP contribution < -0.4 is 15.2 Å². The Hall–Kier alpha value is -2.59. The molecule has 1 amide bonds. The lowest BCUT2D eigenvalue weighted by molar-refractivity contribution is -0.137. The number of carbonyl (C=O) groups excluding carboxylic acids is 1. The fourth-order valence-corrected chi connectivity index (χ4v) is 2.90. The number of rotatable bonds is 5. The van der Waals surface area contributed by atoms with Crippen LogP contribution >= 0.6 is 0 Å². The van der Waals surface area contributed by atoms with Crippen LogP contribution in [0, 0.1) is 0 Å². The maximum absolute atomic E-state index is 12.6. The second-order valence-electron chi connectivity index (χ2n) is 5.72. The Bertz CT molecular complexity index is 942. The minimum Gasteiger partial charge on any atom is -0.496 e. The standard InChI is InChI=1S/C17H17F3N2O4S/c1-10(11-3-5-12(6-4-11)17(18,19)20)22-16(23)14-9-13(27(21,24)25)7-8-15(14)26-2/h3-10H,1-2H3,(H,22,23)(H2,21,24,25). The number of methoxy groups -OCH3 is 1. The van der Waals surface area contributed by atoms with E-state index in [1.54, 1.807) is 6.92 Å². The van der Waals surface area contributed by atoms with Crippen molar-refractivity contribution in [2.75, 3.05) is 7.11 Å². The predicted molar refractivity (Wildman–Crippen MR) is 91.7 cm³/mol. The van der Waals surface area contributed by atoms with Gasteiger partial charge in [-0.05, 0) is 42.8 Å². The minimum absolute atomic E-state index is 0.0669. The molecule has 0 aliphatic carbocycles. The van der Waals surface area contributed by atoms with Gasteiger partial charge in [-0.15, -0.1) is 0 Å². The van der Waals surface area contributed by atoms with Gasteiger partial charge in [0.25, 0.3) is 5.91 Å². The third kappa shape index (κ3) is 4.98. The topological polar surface area (TPSA) is 98.5 Å². The van der Waals surface area contributed by atoms with E-state index < -0.39 is 33.7 Å². The average molecular weight is 402 g/mol. The lowest BCUT2D eigenvalue weighted by Gasteiger charge is -2.17. The van der Waals surface area contributed by atoms with Crippen LogP contribution in [-0.4, -0.2) is 21.4 Å². The van der Waals surface area contributed by atoms with E-state index in [0.29, 0.717) is 5.56 Å². The first-order valence-corrected chi connectivity index (χ1v) is 9.17. The molecule has 0 aliphatic rings. The smallest absolute Gasteiger partial charge is 0.416 e. The highest BCUT2D eigenvalue weighted by atomic mass is 32.2. The van der Waals surface area contributed by atoms with Gasteiger partial charge in [-0.25, -0.2) is 13.6 Å². The van der Waals surface area contributed by atoms with Crippen LogP contribution in [0.1, 0.15) is 34.5 Å². The number of amides is 1. The molecule has 0 aromatic heterocycles. The molecule has 0 bridgehead atoms. The highest BCUT2D eigenvalue weighted by molar-refractivity contribution is 7.89. The highest BCUT2D eigenvalue weighted by Crippen LogP contribution is 2.30. The van der Waals surface area contributed by atoms with Crippen LogP contribution in [0.4, 0.5) is 13.2 Å². The average Bonchev–Trinajstić information content (AvgIpc) is 2.59. The van der Waals surface area contributed by atoms with Gasteiger partial charge in [0.05, 0.1) is 29.2 Å². The van der Waals surface area contributed by atoms with E-state index in [0.717, 1.165) is 18.2 Å². The number of sulfonamides is 1. The third-order valence-corrected chi connectivity index (χ3v) is 4.74. The summed E-state index contributed by atoms with van der Waals surface area (Å²) in [7, 11) is -2.72. The SMILES string of the molecule is COc1ccc(S(N)(=O)=O)cc1C(=O)NC(C)c1ccc(C(F)(F)F)cc1. The van der Waals surface area contributed by atoms with E-state index in [4.69, 9.17) is 9.88 Å². The van der Waals surface area contributed by atoms with Gasteiger partial charge in [0.1, 0.15) is 5.75 Å². The van der Waals surface area contributed by atoms with Crippen molar-refractivity contribution < 1.29 is 31.1 Å². The summed E-state index contributed by atoms with van der Waals surface area (Å²) in [6.07, 6.45) is -4.45. The number of ether oxygens (including phenoxy) is 1. The van der Waals surface area contributed by atoms with E-state index >= 15 is 0 Å². The number of hydrogen-bond donors (Lipinski definition) is 2. The summed E-state index contributed by atoms with van der Waals surface area (Å²) in [4.78, 5) is 12.2. The normalized spacial score (nSPS) is 13.1. The van der Waals surface area contributed by atoms with Crippen LogP contribution in [-0.2, 0) is 16.2 Å². The molecule has 2 aromatic rings. The monoisotopic (exact) mass is 402 g/mol. The number of nitrogens with one attached hydrogen (secondary N) is 1. The Morgan fingerprint density at radius 1 is 1.15 bits per heavy atom. The van der Waals surface area contributed by atoms with Crippen molar-refractivity contribution in [3.8, 4) is 5.75 Å². The second-order valence-corrected chi connectivity index (χ2v) is 7.28. The van der Waals surface area contributed by atoms with Crippen molar-refractivity contribution in [1.82, 2.24) is 5.32 Å². The number of halogens is 3. The van der Waals surface area contributed by atoms with Crippen molar-refractivity contribution >= 4 is 15.9 Å². The number of hydrogen-bond acceptors (Lipinski definition) is 4. The second kappa shape index (κ2) is 7.57. The van der Waals surface area contributed by atoms with Gasteiger partial charge in [-0.2, -0.15) is 13.2 Å². The highest BCUT2D eigenvalue weighted by Gasteiger charge is 2.30. The van der Waals surface area contributed by atoms with Gasteiger partial charge >= 0.3 is 6.18 Å². The van der Waals surface area contributed by atoms with Crippen molar-refractivity contribution in [3.63, 3.8) is 0 Å². The zero-order valence-corrected chi connectivity index (χ0v) is 15.2. The first-order chi connectivity index (χ1) is 12.4. The summed E-state index contributed by atoms with van der Waals surface area (Å²) in [5, 5.41) is 7.65. The molecule has 0 saturated heterocycles. The van der Waals surface area contributed by atoms with Crippen LogP contribution in [0.5, 0.6) is 5.75 Å². The molecule has 6 nitrogen and oxygen atoms in total. The summed E-state index contributed by atoms with van der Waals surface area (Å²) >= 11 is 0. The fourth-order valence-electron chi connectivity index (χ4n) is 2.36. The van der Waals surface area contributed by atoms with Crippen molar-refractivity contribution in [1.29, 1.82) is 0 Å². The Morgan fingerprint density at radius 2 is 1.74 bits per heavy atom. The number of nitrogens with two attached hydrogens (primary N) is 1. The zero-order chi connectivity index (χ0) is 20.4. The summed E-state index contributed by atoms with van der Waals surface area (Å²) < 4.78 is 65.9. The molecule has 2 aromatic carbocycles. The lowest BCUT2D eigenvalue weighted by Crippen LogP contribution is -2.27. The van der Waals surface area contributed by atoms with Gasteiger partial charge in [-0.3, -0.25) is 4.79 Å². The Kier molecular flexibility index (Phi) is 5.81. The maximum atomic E-state index is 12.6. The van der Waals surface area contributed by atoms with Gasteiger partial charge in [0, 0.05) is 0 Å². The lowest BCUT2D eigenvalue weighted by atomic mass is 10.1. The maximum Gasteiger partial charge on any atom is 0.416 e. The van der Waals surface area contributed by atoms with Gasteiger partial charge < -0.3 is 10.1 Å². The minimum atomic E-state index is -4.45. The Balaban J connectivity index is 2.26. The van der Waals surface area contributed by atoms with Gasteiger partial charge in [0.15, 0.2) is 0 Å². The number of benzene rings is 2. The van der Waals surface area contributed by atoms with Gasteiger partial charge in [-0.1, -0.05) is 12.1 Å². The summed E-state index contributed by atoms with van der Waals surface area (Å²) in [6, 6.07) is 7.27. The van der Waals surface area contributed by atoms with Crippen molar-refractivity contribution in [3.05, 3.63) is 59.2 Å². The molecular formula is C17H17F3N2O4S. The van der Waals surface area contributed by atoms with E-state index in [1.807, 2.05) is 0 Å². The molecule has 0 aliphatic heterocycles. The molecule has 2 rings (SSSR count). The first kappa shape index (κ1) is 20.7. The molecule has 0 spiro atoms. The van der Waals surface area contributed by atoms with Crippen LogP contribution in [0.3, 0.4) is 0 Å². The molecule has 146 valence electrons. The molecule has 3 N–H and O–H groups in total. The summed E-state index contributed by atoms with van der Waals surface area (Å²) in [6.45, 7) is 1.58. The van der Waals surface area contributed by atoms with E-state index in [1.165, 1.54) is 31.4 Å². The molecular weight excluding hydrogens is 385 g/mol. The predicted octanol–water partition coefficient (Wildman–Crippen LogP) is 2.85. The Morgan fingerprint density at radius 3 is 2.22 bits per heavy atom. The zero-order valence-electron chi connectivity index (χ0n) is 14.4. The molecule has 0 radical (unpaired) electrons. The van der Waals surface area contributed by atoms with E-state index in [9.17, 15) is 26.4 Å². The number of primary sulfonamides is 1. The number of alkyl halides is 3. The molecule has 0 heterocycles. The van der Waals surface area contributed by atoms with E-state index in [-0.39, 0.29) is 16.2 Å². The first-order valence-electron chi connectivity index (χ1n) is 7.62. The van der Waals surface area contributed by atoms with Crippen LogP contribution in [0.2, 0.25) is 0 Å². The molecule has 10 heteroatoms. The van der Waals surface area contributed by atoms with Crippen LogP contribution in [0.25, 0.3) is 0 Å². The number of carbonyl (C=O) groups is 1. The summed E-state index contributed by atoms with van der Waals surface area (Å²) in [5.74, 6) is -0.538. The largest absolute Gasteiger partial charge is 0.496 e. The van der Waals surface area contributed by atoms with Crippen molar-refractivity contribution in [2.24, 2.45) is 5.14 Å². The molecule has 1 unspecified atom stereocenters. The molecule has 27 heavy (non-hydrogen) atoms. The van der Waals surface area contributed by atoms with Crippen molar-refractivity contribution in [2.45, 2.75) is 24.0 Å². The molecule has 0 saturated carbocycles. The summed E-state index contributed by atoms with van der Waals surface area (Å²) in [5.41, 5.74) is -0.423. The third-order valence-electron chi connectivity index (χ3n) is 3.83. The molecule has 1 atom stereocenters. The quantitative estimate of drug-likeness (QED) is 0.803. The molecule has 0 fully saturated rings. The van der Waals surface area contributed by atoms with E-state index in [2.05, 4.69) is 5.32 Å².